The maximum Gasteiger partial charge on any atom is 0.243 e. The number of aromatic nitrogens is 2. The molecule has 7 heteroatoms. The molecular weight excluding hydrogens is 314 g/mol. The highest BCUT2D eigenvalue weighted by molar-refractivity contribution is 7.89. The number of nitrogens with zero attached hydrogens (tertiary/aromatic N) is 3. The van der Waals surface area contributed by atoms with Crippen LogP contribution in [0.4, 0.5) is 0 Å². The molecule has 23 heavy (non-hydrogen) atoms. The number of hydrogen-bond donors (Lipinski definition) is 0. The van der Waals surface area contributed by atoms with Crippen LogP contribution in [0.15, 0.2) is 41.7 Å². The van der Waals surface area contributed by atoms with E-state index in [9.17, 15) is 8.42 Å². The summed E-state index contributed by atoms with van der Waals surface area (Å²) in [6.07, 6.45) is 5.08. The van der Waals surface area contributed by atoms with E-state index in [0.29, 0.717) is 30.3 Å². The van der Waals surface area contributed by atoms with E-state index in [0.717, 1.165) is 11.1 Å². The van der Waals surface area contributed by atoms with Crippen molar-refractivity contribution in [3.05, 3.63) is 47.9 Å². The average Bonchev–Trinajstić information content (AvgIpc) is 3.00. The topological polar surface area (TPSA) is 72.4 Å². The molecule has 1 aliphatic rings. The van der Waals surface area contributed by atoms with Crippen LogP contribution in [0.2, 0.25) is 0 Å². The number of benzene rings is 1. The van der Waals surface area contributed by atoms with Crippen LogP contribution in [0.1, 0.15) is 17.5 Å². The van der Waals surface area contributed by atoms with Gasteiger partial charge >= 0.3 is 0 Å². The van der Waals surface area contributed by atoms with E-state index < -0.39 is 10.0 Å². The van der Waals surface area contributed by atoms with Crippen LogP contribution >= 0.6 is 0 Å². The first kappa shape index (κ1) is 15.9. The molecule has 0 N–H and O–H groups in total. The van der Waals surface area contributed by atoms with Gasteiger partial charge in [0.15, 0.2) is 0 Å². The third-order valence-electron chi connectivity index (χ3n) is 4.05. The summed E-state index contributed by atoms with van der Waals surface area (Å²) in [4.78, 5) is 8.33. The lowest BCUT2D eigenvalue weighted by Crippen LogP contribution is -2.31. The summed E-state index contributed by atoms with van der Waals surface area (Å²) in [7, 11) is -3.49. The van der Waals surface area contributed by atoms with Gasteiger partial charge in [0.25, 0.3) is 0 Å². The number of aryl methyl sites for hydroxylation is 2. The summed E-state index contributed by atoms with van der Waals surface area (Å²) in [5.41, 5.74) is 2.05. The summed E-state index contributed by atoms with van der Waals surface area (Å²) < 4.78 is 32.6. The van der Waals surface area contributed by atoms with E-state index in [1.54, 1.807) is 24.5 Å². The Kier molecular flexibility index (Phi) is 4.32. The lowest BCUT2D eigenvalue weighted by Gasteiger charge is -2.17. The summed E-state index contributed by atoms with van der Waals surface area (Å²) in [6.45, 7) is 4.65. The van der Waals surface area contributed by atoms with E-state index >= 15 is 0 Å². The van der Waals surface area contributed by atoms with E-state index in [1.165, 1.54) is 10.5 Å². The van der Waals surface area contributed by atoms with Gasteiger partial charge in [-0.25, -0.2) is 13.4 Å². The maximum atomic E-state index is 12.7. The molecule has 2 aromatic rings. The highest BCUT2D eigenvalue weighted by Crippen LogP contribution is 2.24. The van der Waals surface area contributed by atoms with Crippen molar-refractivity contribution in [3.8, 4) is 5.88 Å². The normalized spacial score (nSPS) is 19.0. The van der Waals surface area contributed by atoms with Gasteiger partial charge in [-0.05, 0) is 43.5 Å². The fraction of sp³-hybridized carbons (Fsp3) is 0.375. The standard InChI is InChI=1S/C16H19N3O3S/c1-12-3-4-15(9-13(12)2)23(20,21)19-8-5-14(11-19)22-16-10-17-6-7-18-16/h3-4,6-7,9-10,14H,5,8,11H2,1-2H3. The van der Waals surface area contributed by atoms with Gasteiger partial charge in [-0.3, -0.25) is 4.98 Å². The summed E-state index contributed by atoms with van der Waals surface area (Å²) in [5, 5.41) is 0. The monoisotopic (exact) mass is 333 g/mol. The van der Waals surface area contributed by atoms with Crippen LogP contribution in [0.5, 0.6) is 5.88 Å². The SMILES string of the molecule is Cc1ccc(S(=O)(=O)N2CCC(Oc3cnccn3)C2)cc1C. The van der Waals surface area contributed by atoms with Crippen molar-refractivity contribution in [2.45, 2.75) is 31.3 Å². The number of rotatable bonds is 4. The van der Waals surface area contributed by atoms with Crippen LogP contribution < -0.4 is 4.74 Å². The third-order valence-corrected chi connectivity index (χ3v) is 5.91. The lowest BCUT2D eigenvalue weighted by molar-refractivity contribution is 0.206. The molecule has 1 aliphatic heterocycles. The van der Waals surface area contributed by atoms with Crippen molar-refractivity contribution in [1.29, 1.82) is 0 Å². The van der Waals surface area contributed by atoms with Gasteiger partial charge in [-0.15, -0.1) is 0 Å². The van der Waals surface area contributed by atoms with Gasteiger partial charge in [-0.1, -0.05) is 6.07 Å². The molecule has 1 saturated heterocycles. The summed E-state index contributed by atoms with van der Waals surface area (Å²) in [5.74, 6) is 0.419. The first-order valence-electron chi connectivity index (χ1n) is 7.47. The van der Waals surface area contributed by atoms with Crippen LogP contribution in [-0.2, 0) is 10.0 Å². The summed E-state index contributed by atoms with van der Waals surface area (Å²) in [6, 6.07) is 5.22. The van der Waals surface area contributed by atoms with Gasteiger partial charge in [0.2, 0.25) is 15.9 Å². The minimum absolute atomic E-state index is 0.201. The van der Waals surface area contributed by atoms with Gasteiger partial charge in [0.05, 0.1) is 17.6 Å². The van der Waals surface area contributed by atoms with E-state index in [-0.39, 0.29) is 6.10 Å². The second-order valence-corrected chi connectivity index (χ2v) is 7.62. The van der Waals surface area contributed by atoms with Gasteiger partial charge in [0.1, 0.15) is 6.10 Å². The highest BCUT2D eigenvalue weighted by atomic mass is 32.2. The van der Waals surface area contributed by atoms with Crippen molar-refractivity contribution < 1.29 is 13.2 Å². The quantitative estimate of drug-likeness (QED) is 0.855. The van der Waals surface area contributed by atoms with Gasteiger partial charge in [-0.2, -0.15) is 4.31 Å². The number of hydrogen-bond acceptors (Lipinski definition) is 5. The zero-order valence-corrected chi connectivity index (χ0v) is 14.0. The zero-order valence-electron chi connectivity index (χ0n) is 13.1. The summed E-state index contributed by atoms with van der Waals surface area (Å²) >= 11 is 0. The van der Waals surface area contributed by atoms with E-state index in [2.05, 4.69) is 9.97 Å². The number of sulfonamides is 1. The first-order valence-corrected chi connectivity index (χ1v) is 8.91. The van der Waals surface area contributed by atoms with Gasteiger partial charge < -0.3 is 4.74 Å². The fourth-order valence-electron chi connectivity index (χ4n) is 2.55. The van der Waals surface area contributed by atoms with Crippen molar-refractivity contribution >= 4 is 10.0 Å². The molecule has 1 atom stereocenters. The molecule has 1 aromatic heterocycles. The van der Waals surface area contributed by atoms with E-state index in [1.807, 2.05) is 19.9 Å². The minimum Gasteiger partial charge on any atom is -0.472 e. The second kappa shape index (κ2) is 6.25. The Labute approximate surface area is 136 Å². The molecule has 122 valence electrons. The average molecular weight is 333 g/mol. The highest BCUT2D eigenvalue weighted by Gasteiger charge is 2.33. The van der Waals surface area contributed by atoms with Crippen LogP contribution in [0, 0.1) is 13.8 Å². The fourth-order valence-corrected chi connectivity index (χ4v) is 4.12. The molecule has 0 bridgehead atoms. The van der Waals surface area contributed by atoms with Crippen molar-refractivity contribution in [1.82, 2.24) is 14.3 Å². The largest absolute Gasteiger partial charge is 0.472 e. The van der Waals surface area contributed by atoms with Crippen molar-refractivity contribution in [2.75, 3.05) is 13.1 Å². The third kappa shape index (κ3) is 3.35. The Morgan fingerprint density at radius 2 is 2.04 bits per heavy atom. The minimum atomic E-state index is -3.49. The molecule has 0 radical (unpaired) electrons. The van der Waals surface area contributed by atoms with Crippen molar-refractivity contribution in [3.63, 3.8) is 0 Å². The lowest BCUT2D eigenvalue weighted by atomic mass is 10.1. The van der Waals surface area contributed by atoms with Crippen LogP contribution in [0.25, 0.3) is 0 Å². The maximum absolute atomic E-state index is 12.7. The molecule has 0 spiro atoms. The molecule has 2 heterocycles. The zero-order chi connectivity index (χ0) is 16.4. The Hall–Kier alpha value is -1.99. The van der Waals surface area contributed by atoms with E-state index in [4.69, 9.17) is 4.74 Å². The Morgan fingerprint density at radius 3 is 2.74 bits per heavy atom. The van der Waals surface area contributed by atoms with Gasteiger partial charge in [0, 0.05) is 18.9 Å². The molecule has 3 rings (SSSR count). The second-order valence-electron chi connectivity index (χ2n) is 5.68. The van der Waals surface area contributed by atoms with Crippen LogP contribution in [0.3, 0.4) is 0 Å². The van der Waals surface area contributed by atoms with Crippen LogP contribution in [-0.4, -0.2) is 41.9 Å². The molecular formula is C16H19N3O3S. The first-order chi connectivity index (χ1) is 11.0. The molecule has 1 unspecified atom stereocenters. The Bertz CT molecular complexity index is 793. The molecule has 1 fully saturated rings. The smallest absolute Gasteiger partial charge is 0.243 e. The predicted octanol–water partition coefficient (Wildman–Crippen LogP) is 1.94. The predicted molar refractivity (Wildman–Crippen MR) is 85.7 cm³/mol. The number of ether oxygens (including phenoxy) is 1. The molecule has 0 amide bonds. The molecule has 0 aliphatic carbocycles. The molecule has 0 saturated carbocycles. The Morgan fingerprint density at radius 1 is 1.22 bits per heavy atom. The van der Waals surface area contributed by atoms with Crippen molar-refractivity contribution in [2.24, 2.45) is 0 Å². The Balaban J connectivity index is 1.73. The molecule has 6 nitrogen and oxygen atoms in total. The molecule has 1 aromatic carbocycles.